The highest BCUT2D eigenvalue weighted by atomic mass is 35.5. The molecule has 0 aromatic carbocycles. The van der Waals surface area contributed by atoms with E-state index in [0.717, 1.165) is 18.3 Å². The molecule has 4 heteroatoms. The summed E-state index contributed by atoms with van der Waals surface area (Å²) in [6.07, 6.45) is 4.07. The van der Waals surface area contributed by atoms with E-state index >= 15 is 0 Å². The first-order valence-corrected chi connectivity index (χ1v) is 6.13. The third kappa shape index (κ3) is 2.24. The summed E-state index contributed by atoms with van der Waals surface area (Å²) in [7, 11) is 0. The topological polar surface area (TPSA) is 42.2 Å². The molecule has 1 saturated heterocycles. The lowest BCUT2D eigenvalue weighted by molar-refractivity contribution is 0.376. The number of piperidine rings is 1. The third-order valence-corrected chi connectivity index (χ3v) is 3.53. The number of nitrogen functional groups attached to an aromatic ring is 1. The van der Waals surface area contributed by atoms with Gasteiger partial charge in [0.1, 0.15) is 5.82 Å². The van der Waals surface area contributed by atoms with Crippen molar-refractivity contribution < 1.29 is 0 Å². The molecule has 16 heavy (non-hydrogen) atoms. The van der Waals surface area contributed by atoms with Crippen molar-refractivity contribution in [3.8, 4) is 0 Å². The Kier molecular flexibility index (Phi) is 3.24. The molecule has 2 N–H and O–H groups in total. The zero-order chi connectivity index (χ0) is 11.7. The molecule has 0 spiro atoms. The molecule has 0 saturated carbocycles. The van der Waals surface area contributed by atoms with E-state index in [1.807, 2.05) is 0 Å². The molecule has 1 aliphatic rings. The second-order valence-electron chi connectivity index (χ2n) is 4.75. The Bertz CT molecular complexity index is 381. The zero-order valence-corrected chi connectivity index (χ0v) is 10.5. The lowest BCUT2D eigenvalue weighted by Gasteiger charge is -2.37. The van der Waals surface area contributed by atoms with Crippen molar-refractivity contribution >= 4 is 23.1 Å². The van der Waals surface area contributed by atoms with Gasteiger partial charge < -0.3 is 10.6 Å². The number of anilines is 2. The first-order chi connectivity index (χ1) is 7.58. The first-order valence-electron chi connectivity index (χ1n) is 5.75. The largest absolute Gasteiger partial charge is 0.397 e. The second-order valence-corrected chi connectivity index (χ2v) is 5.15. The summed E-state index contributed by atoms with van der Waals surface area (Å²) in [5, 5.41) is 0.654. The molecular weight excluding hydrogens is 222 g/mol. The molecule has 0 amide bonds. The molecule has 0 bridgehead atoms. The standard InChI is InChI=1S/C12H18ClN3/c1-8-3-4-16(9(2)5-8)12-11(13)6-10(14)7-15-12/h6-9H,3-5,14H2,1-2H3. The monoisotopic (exact) mass is 239 g/mol. The quantitative estimate of drug-likeness (QED) is 0.820. The number of rotatable bonds is 1. The molecule has 1 aromatic heterocycles. The molecule has 2 unspecified atom stereocenters. The van der Waals surface area contributed by atoms with Gasteiger partial charge in [0.05, 0.1) is 16.9 Å². The van der Waals surface area contributed by atoms with Gasteiger partial charge in [-0.05, 0) is 31.7 Å². The zero-order valence-electron chi connectivity index (χ0n) is 9.78. The SMILES string of the molecule is CC1CCN(c2ncc(N)cc2Cl)C(C)C1. The first kappa shape index (κ1) is 11.5. The highest BCUT2D eigenvalue weighted by molar-refractivity contribution is 6.33. The van der Waals surface area contributed by atoms with Crippen LogP contribution in [0.5, 0.6) is 0 Å². The van der Waals surface area contributed by atoms with Gasteiger partial charge in [-0.25, -0.2) is 4.98 Å². The number of hydrogen-bond donors (Lipinski definition) is 1. The van der Waals surface area contributed by atoms with Gasteiger partial charge in [-0.3, -0.25) is 0 Å². The molecule has 2 rings (SSSR count). The van der Waals surface area contributed by atoms with Gasteiger partial charge in [0.15, 0.2) is 0 Å². The van der Waals surface area contributed by atoms with E-state index in [9.17, 15) is 0 Å². The van der Waals surface area contributed by atoms with E-state index < -0.39 is 0 Å². The van der Waals surface area contributed by atoms with Crippen LogP contribution in [0.3, 0.4) is 0 Å². The van der Waals surface area contributed by atoms with Gasteiger partial charge >= 0.3 is 0 Å². The highest BCUT2D eigenvalue weighted by Gasteiger charge is 2.25. The Morgan fingerprint density at radius 3 is 2.88 bits per heavy atom. The summed E-state index contributed by atoms with van der Waals surface area (Å²) < 4.78 is 0. The third-order valence-electron chi connectivity index (χ3n) is 3.25. The average molecular weight is 240 g/mol. The van der Waals surface area contributed by atoms with Crippen LogP contribution in [0.1, 0.15) is 26.7 Å². The molecule has 3 nitrogen and oxygen atoms in total. The maximum atomic E-state index is 6.18. The number of aromatic nitrogens is 1. The van der Waals surface area contributed by atoms with Crippen molar-refractivity contribution in [3.05, 3.63) is 17.3 Å². The van der Waals surface area contributed by atoms with E-state index in [0.29, 0.717) is 16.8 Å². The minimum absolute atomic E-state index is 0.498. The number of halogens is 1. The molecule has 0 aliphatic carbocycles. The smallest absolute Gasteiger partial charge is 0.147 e. The second kappa shape index (κ2) is 4.50. The average Bonchev–Trinajstić information content (AvgIpc) is 2.19. The number of nitrogens with two attached hydrogens (primary N) is 1. The molecular formula is C12H18ClN3. The van der Waals surface area contributed by atoms with Crippen LogP contribution in [0.4, 0.5) is 11.5 Å². The fraction of sp³-hybridized carbons (Fsp3) is 0.583. The molecule has 1 fully saturated rings. The molecule has 2 heterocycles. The van der Waals surface area contributed by atoms with Crippen molar-refractivity contribution in [3.63, 3.8) is 0 Å². The number of nitrogens with zero attached hydrogens (tertiary/aromatic N) is 2. The normalized spacial score (nSPS) is 25.8. The van der Waals surface area contributed by atoms with E-state index in [1.54, 1.807) is 12.3 Å². The Labute approximate surface area is 102 Å². The molecule has 1 aliphatic heterocycles. The van der Waals surface area contributed by atoms with Gasteiger partial charge in [-0.2, -0.15) is 0 Å². The van der Waals surface area contributed by atoms with Gasteiger partial charge in [-0.15, -0.1) is 0 Å². The fourth-order valence-electron chi connectivity index (χ4n) is 2.38. The summed E-state index contributed by atoms with van der Waals surface area (Å²) in [5.41, 5.74) is 6.27. The molecule has 1 aromatic rings. The molecule has 2 atom stereocenters. The van der Waals surface area contributed by atoms with Crippen LogP contribution in [0.25, 0.3) is 0 Å². The van der Waals surface area contributed by atoms with E-state index in [-0.39, 0.29) is 0 Å². The van der Waals surface area contributed by atoms with Gasteiger partial charge in [0, 0.05) is 12.6 Å². The van der Waals surface area contributed by atoms with E-state index in [2.05, 4.69) is 23.7 Å². The maximum Gasteiger partial charge on any atom is 0.147 e. The Morgan fingerprint density at radius 1 is 1.50 bits per heavy atom. The van der Waals surface area contributed by atoms with E-state index in [4.69, 9.17) is 17.3 Å². The van der Waals surface area contributed by atoms with Crippen LogP contribution in [0.15, 0.2) is 12.3 Å². The number of pyridine rings is 1. The molecule has 0 radical (unpaired) electrons. The van der Waals surface area contributed by atoms with Crippen molar-refractivity contribution in [2.24, 2.45) is 5.92 Å². The van der Waals surface area contributed by atoms with Crippen LogP contribution >= 0.6 is 11.6 Å². The minimum atomic E-state index is 0.498. The van der Waals surface area contributed by atoms with Crippen molar-refractivity contribution in [1.82, 2.24) is 4.98 Å². The fourth-order valence-corrected chi connectivity index (χ4v) is 2.66. The van der Waals surface area contributed by atoms with Gasteiger partial charge in [-0.1, -0.05) is 18.5 Å². The summed E-state index contributed by atoms with van der Waals surface area (Å²) >= 11 is 6.18. The van der Waals surface area contributed by atoms with Gasteiger partial charge in [0.25, 0.3) is 0 Å². The lowest BCUT2D eigenvalue weighted by atomic mass is 9.93. The molecule has 88 valence electrons. The Hall–Kier alpha value is -0.960. The van der Waals surface area contributed by atoms with Crippen molar-refractivity contribution in [2.45, 2.75) is 32.7 Å². The van der Waals surface area contributed by atoms with E-state index in [1.165, 1.54) is 12.8 Å². The van der Waals surface area contributed by atoms with Crippen LogP contribution < -0.4 is 10.6 Å². The Balaban J connectivity index is 2.23. The van der Waals surface area contributed by atoms with Crippen LogP contribution in [0.2, 0.25) is 5.02 Å². The predicted octanol–water partition coefficient (Wildman–Crippen LogP) is 2.94. The number of hydrogen-bond acceptors (Lipinski definition) is 3. The van der Waals surface area contributed by atoms with Crippen molar-refractivity contribution in [2.75, 3.05) is 17.2 Å². The lowest BCUT2D eigenvalue weighted by Crippen LogP contribution is -2.40. The van der Waals surface area contributed by atoms with Gasteiger partial charge in [0.2, 0.25) is 0 Å². The van der Waals surface area contributed by atoms with Crippen LogP contribution in [-0.2, 0) is 0 Å². The predicted molar refractivity (Wildman–Crippen MR) is 68.9 cm³/mol. The minimum Gasteiger partial charge on any atom is -0.397 e. The highest BCUT2D eigenvalue weighted by Crippen LogP contribution is 2.31. The van der Waals surface area contributed by atoms with Crippen LogP contribution in [-0.4, -0.2) is 17.6 Å². The Morgan fingerprint density at radius 2 is 2.25 bits per heavy atom. The summed E-state index contributed by atoms with van der Waals surface area (Å²) in [4.78, 5) is 6.63. The maximum absolute atomic E-state index is 6.18. The summed E-state index contributed by atoms with van der Waals surface area (Å²) in [6.45, 7) is 5.55. The van der Waals surface area contributed by atoms with Crippen molar-refractivity contribution in [1.29, 1.82) is 0 Å². The van der Waals surface area contributed by atoms with Crippen LogP contribution in [0, 0.1) is 5.92 Å². The summed E-state index contributed by atoms with van der Waals surface area (Å²) in [5.74, 6) is 1.66. The summed E-state index contributed by atoms with van der Waals surface area (Å²) in [6, 6.07) is 2.27.